The quantitative estimate of drug-likeness (QED) is 0.628. The largest absolute Gasteiger partial charge is 0.494 e. The van der Waals surface area contributed by atoms with Gasteiger partial charge < -0.3 is 14.2 Å². The third kappa shape index (κ3) is 8.26. The highest BCUT2D eigenvalue weighted by molar-refractivity contribution is 5.85. The predicted octanol–water partition coefficient (Wildman–Crippen LogP) is 4.22. The molecule has 0 bridgehead atoms. The summed E-state index contributed by atoms with van der Waals surface area (Å²) >= 11 is 0. The van der Waals surface area contributed by atoms with Gasteiger partial charge in [-0.1, -0.05) is 12.8 Å². The highest BCUT2D eigenvalue weighted by atomic mass is 35.5. The van der Waals surface area contributed by atoms with Crippen LogP contribution >= 0.6 is 24.8 Å². The zero-order valence-electron chi connectivity index (χ0n) is 13.9. The highest BCUT2D eigenvalue weighted by Gasteiger charge is 1.98. The number of hydrogen-bond donors (Lipinski definition) is 0. The third-order valence-corrected chi connectivity index (χ3v) is 3.41. The Bertz CT molecular complexity index is 501. The van der Waals surface area contributed by atoms with Gasteiger partial charge in [-0.2, -0.15) is 0 Å². The number of unbranched alkanes of at least 4 members (excludes halogenated alkanes) is 3. The summed E-state index contributed by atoms with van der Waals surface area (Å²) in [6.45, 7) is 1.98. The molecule has 0 aliphatic rings. The molecule has 2 rings (SSSR count). The lowest BCUT2D eigenvalue weighted by Crippen LogP contribution is -2.12. The van der Waals surface area contributed by atoms with Gasteiger partial charge in [0, 0.05) is 18.1 Å². The van der Waals surface area contributed by atoms with Crippen LogP contribution in [0.2, 0.25) is 0 Å². The molecular weight excluding hydrogens is 333 g/mol. The fraction of sp³-hybridized carbons (Fsp3) is 0.471. The van der Waals surface area contributed by atoms with E-state index in [2.05, 4.69) is 24.0 Å². The van der Waals surface area contributed by atoms with E-state index in [0.29, 0.717) is 0 Å². The van der Waals surface area contributed by atoms with Gasteiger partial charge in [0.25, 0.3) is 0 Å². The van der Waals surface area contributed by atoms with Crippen molar-refractivity contribution in [1.29, 1.82) is 0 Å². The number of ether oxygens (including phenoxy) is 1. The lowest BCUT2D eigenvalue weighted by molar-refractivity contribution is 0.302. The summed E-state index contributed by atoms with van der Waals surface area (Å²) in [6, 6.07) is 8.13. The molecule has 0 N–H and O–H groups in total. The van der Waals surface area contributed by atoms with Crippen molar-refractivity contribution in [2.24, 2.45) is 0 Å². The Labute approximate surface area is 151 Å². The minimum atomic E-state index is 0. The van der Waals surface area contributed by atoms with Crippen molar-refractivity contribution in [1.82, 2.24) is 14.5 Å². The van der Waals surface area contributed by atoms with E-state index in [1.54, 1.807) is 12.5 Å². The van der Waals surface area contributed by atoms with Crippen molar-refractivity contribution in [3.05, 3.63) is 43.0 Å². The maximum Gasteiger partial charge on any atom is 0.119 e. The lowest BCUT2D eigenvalue weighted by Gasteiger charge is -2.09. The average molecular weight is 360 g/mol. The number of rotatable bonds is 9. The van der Waals surface area contributed by atoms with Gasteiger partial charge >= 0.3 is 0 Å². The summed E-state index contributed by atoms with van der Waals surface area (Å²) in [6.07, 6.45) is 10.4. The highest BCUT2D eigenvalue weighted by Crippen LogP contribution is 2.15. The molecule has 2 aromatic rings. The second-order valence-corrected chi connectivity index (χ2v) is 5.53. The van der Waals surface area contributed by atoms with E-state index in [4.69, 9.17) is 4.74 Å². The first-order valence-corrected chi connectivity index (χ1v) is 7.61. The molecule has 0 aliphatic heterocycles. The topological polar surface area (TPSA) is 30.3 Å². The molecule has 0 spiro atoms. The Hall–Kier alpha value is -1.23. The first kappa shape index (κ1) is 21.8. The zero-order chi connectivity index (χ0) is 14.9. The van der Waals surface area contributed by atoms with E-state index in [0.717, 1.165) is 24.5 Å². The molecule has 6 heteroatoms. The Morgan fingerprint density at radius 3 is 2.30 bits per heavy atom. The van der Waals surface area contributed by atoms with Crippen LogP contribution in [0.4, 0.5) is 0 Å². The maximum absolute atomic E-state index is 5.77. The van der Waals surface area contributed by atoms with Gasteiger partial charge in [-0.25, -0.2) is 4.98 Å². The van der Waals surface area contributed by atoms with Crippen LogP contribution in [0.3, 0.4) is 0 Å². The van der Waals surface area contributed by atoms with Crippen LogP contribution in [0.15, 0.2) is 43.0 Å². The average Bonchev–Trinajstić information content (AvgIpc) is 3.01. The molecule has 23 heavy (non-hydrogen) atoms. The Kier molecular flexibility index (Phi) is 11.6. The lowest BCUT2D eigenvalue weighted by atomic mass is 10.2. The molecule has 0 saturated heterocycles. The molecule has 0 fully saturated rings. The third-order valence-electron chi connectivity index (χ3n) is 3.41. The molecule has 0 radical (unpaired) electrons. The zero-order valence-corrected chi connectivity index (χ0v) is 15.5. The van der Waals surface area contributed by atoms with Crippen molar-refractivity contribution in [2.75, 3.05) is 27.2 Å². The van der Waals surface area contributed by atoms with Gasteiger partial charge in [-0.05, 0) is 57.7 Å². The van der Waals surface area contributed by atoms with Crippen LogP contribution in [0, 0.1) is 0 Å². The molecule has 1 aromatic carbocycles. The molecular formula is C17H27Cl2N3O. The van der Waals surface area contributed by atoms with Crippen molar-refractivity contribution in [3.63, 3.8) is 0 Å². The fourth-order valence-electron chi connectivity index (χ4n) is 2.20. The van der Waals surface area contributed by atoms with Gasteiger partial charge in [0.15, 0.2) is 0 Å². The molecule has 1 heterocycles. The number of benzene rings is 1. The molecule has 0 saturated carbocycles. The number of aromatic nitrogens is 2. The predicted molar refractivity (Wildman–Crippen MR) is 101 cm³/mol. The monoisotopic (exact) mass is 359 g/mol. The van der Waals surface area contributed by atoms with Gasteiger partial charge in [0.2, 0.25) is 0 Å². The van der Waals surface area contributed by atoms with Gasteiger partial charge in [-0.15, -0.1) is 24.8 Å². The van der Waals surface area contributed by atoms with E-state index in [1.165, 1.54) is 25.8 Å². The summed E-state index contributed by atoms with van der Waals surface area (Å²) in [5, 5.41) is 0. The van der Waals surface area contributed by atoms with E-state index < -0.39 is 0 Å². The van der Waals surface area contributed by atoms with Crippen LogP contribution in [0.5, 0.6) is 5.75 Å². The van der Waals surface area contributed by atoms with Crippen molar-refractivity contribution < 1.29 is 4.74 Å². The molecule has 4 nitrogen and oxygen atoms in total. The smallest absolute Gasteiger partial charge is 0.119 e. The summed E-state index contributed by atoms with van der Waals surface area (Å²) in [5.41, 5.74) is 1.10. The Balaban J connectivity index is 0.00000242. The number of nitrogens with zero attached hydrogens (tertiary/aromatic N) is 3. The summed E-state index contributed by atoms with van der Waals surface area (Å²) < 4.78 is 7.75. The van der Waals surface area contributed by atoms with Crippen LogP contribution in [-0.2, 0) is 0 Å². The molecule has 1 aromatic heterocycles. The maximum atomic E-state index is 5.77. The summed E-state index contributed by atoms with van der Waals surface area (Å²) in [4.78, 5) is 6.28. The SMILES string of the molecule is CN(C)CCCCCCOc1ccc(-n2ccnc2)cc1.Cl.Cl. The molecule has 130 valence electrons. The van der Waals surface area contributed by atoms with Crippen molar-refractivity contribution >= 4 is 24.8 Å². The molecule has 0 atom stereocenters. The Morgan fingerprint density at radius 1 is 1.00 bits per heavy atom. The van der Waals surface area contributed by atoms with Crippen LogP contribution in [0.25, 0.3) is 5.69 Å². The van der Waals surface area contributed by atoms with Crippen LogP contribution in [-0.4, -0.2) is 41.7 Å². The summed E-state index contributed by atoms with van der Waals surface area (Å²) in [7, 11) is 4.24. The molecule has 0 amide bonds. The number of hydrogen-bond acceptors (Lipinski definition) is 3. The molecule has 0 unspecified atom stereocenters. The fourth-order valence-corrected chi connectivity index (χ4v) is 2.20. The van der Waals surface area contributed by atoms with Crippen molar-refractivity contribution in [3.8, 4) is 11.4 Å². The second kappa shape index (κ2) is 12.2. The van der Waals surface area contributed by atoms with E-state index >= 15 is 0 Å². The van der Waals surface area contributed by atoms with Crippen molar-refractivity contribution in [2.45, 2.75) is 25.7 Å². The van der Waals surface area contributed by atoms with E-state index in [-0.39, 0.29) is 24.8 Å². The van der Waals surface area contributed by atoms with Gasteiger partial charge in [0.05, 0.1) is 12.9 Å². The minimum absolute atomic E-state index is 0. The molecule has 0 aliphatic carbocycles. The van der Waals surface area contributed by atoms with E-state index in [9.17, 15) is 0 Å². The van der Waals surface area contributed by atoms with Gasteiger partial charge in [-0.3, -0.25) is 0 Å². The second-order valence-electron chi connectivity index (χ2n) is 5.53. The van der Waals surface area contributed by atoms with Crippen LogP contribution < -0.4 is 4.74 Å². The first-order valence-electron chi connectivity index (χ1n) is 7.61. The first-order chi connectivity index (χ1) is 10.3. The number of imidazole rings is 1. The normalized spacial score (nSPS) is 10.0. The summed E-state index contributed by atoms with van der Waals surface area (Å²) in [5.74, 6) is 0.937. The standard InChI is InChI=1S/C17H25N3O.2ClH/c1-19(2)12-5-3-4-6-14-21-17-9-7-16(8-10-17)20-13-11-18-15-20;;/h7-11,13,15H,3-6,12,14H2,1-2H3;2*1H. The van der Waals surface area contributed by atoms with E-state index in [1.807, 2.05) is 35.0 Å². The number of halogens is 2. The van der Waals surface area contributed by atoms with Gasteiger partial charge in [0.1, 0.15) is 5.75 Å². The van der Waals surface area contributed by atoms with Crippen LogP contribution in [0.1, 0.15) is 25.7 Å². The Morgan fingerprint density at radius 2 is 1.70 bits per heavy atom. The minimum Gasteiger partial charge on any atom is -0.494 e.